The van der Waals surface area contributed by atoms with E-state index < -0.39 is 50.4 Å². The third-order valence-electron chi connectivity index (χ3n) is 5.86. The molecule has 2 aromatic rings. The Labute approximate surface area is 202 Å². The molecule has 0 heterocycles. The van der Waals surface area contributed by atoms with Gasteiger partial charge >= 0.3 is 11.9 Å². The molecule has 0 spiro atoms. The fourth-order valence-corrected chi connectivity index (χ4v) is 3.90. The highest BCUT2D eigenvalue weighted by atomic mass is 16.4. The van der Waals surface area contributed by atoms with Gasteiger partial charge in [0.1, 0.15) is 17.5 Å². The molecule has 2 aromatic carbocycles. The third kappa shape index (κ3) is 7.38. The van der Waals surface area contributed by atoms with E-state index >= 15 is 0 Å². The number of carboxylic acids is 2. The topological polar surface area (TPSA) is 182 Å². The molecule has 11 heteroatoms. The summed E-state index contributed by atoms with van der Waals surface area (Å²) in [5, 5.41) is 68.9. The normalized spacial score (nSPS) is 13.2. The van der Waals surface area contributed by atoms with Crippen LogP contribution < -0.4 is 0 Å². The van der Waals surface area contributed by atoms with Crippen LogP contribution in [0.2, 0.25) is 0 Å². The Bertz CT molecular complexity index is 1010. The fraction of sp³-hybridized carbons (Fsp3) is 0.417. The number of aliphatic hydroxyl groups excluding tert-OH is 3. The minimum Gasteiger partial charge on any atom is -0.507 e. The predicted molar refractivity (Wildman–Crippen MR) is 124 cm³/mol. The van der Waals surface area contributed by atoms with E-state index in [2.05, 4.69) is 0 Å². The van der Waals surface area contributed by atoms with Crippen molar-refractivity contribution in [2.24, 2.45) is 0 Å². The van der Waals surface area contributed by atoms with Crippen LogP contribution in [0.4, 0.5) is 0 Å². The molecule has 0 aromatic heterocycles. The van der Waals surface area contributed by atoms with E-state index in [9.17, 15) is 45.3 Å². The Kier molecular flexibility index (Phi) is 10.4. The highest BCUT2D eigenvalue weighted by Crippen LogP contribution is 2.27. The molecule has 0 fully saturated rings. The number of carbonyl (C=O) groups is 2. The number of hydrogen-bond donors (Lipinski definition) is 7. The number of aromatic hydroxyl groups is 2. The number of para-hydroxylation sites is 2. The lowest BCUT2D eigenvalue weighted by Gasteiger charge is -2.36. The van der Waals surface area contributed by atoms with E-state index in [1.165, 1.54) is 28.9 Å². The summed E-state index contributed by atoms with van der Waals surface area (Å²) in [6.45, 7) is -0.595. The zero-order valence-electron chi connectivity index (χ0n) is 19.4. The maximum absolute atomic E-state index is 11.8. The van der Waals surface area contributed by atoms with Crippen LogP contribution in [-0.4, -0.2) is 89.3 Å². The lowest BCUT2D eigenvalue weighted by molar-refractivity contribution is -0.145. The summed E-state index contributed by atoms with van der Waals surface area (Å²) < 4.78 is 0. The Morgan fingerprint density at radius 2 is 1.31 bits per heavy atom. The lowest BCUT2D eigenvalue weighted by Crippen LogP contribution is -2.52. The molecule has 7 N–H and O–H groups in total. The van der Waals surface area contributed by atoms with Crippen LogP contribution >= 0.6 is 0 Å². The van der Waals surface area contributed by atoms with Gasteiger partial charge in [-0.3, -0.25) is 19.4 Å². The Morgan fingerprint density at radius 1 is 0.829 bits per heavy atom. The van der Waals surface area contributed by atoms with Gasteiger partial charge in [-0.2, -0.15) is 0 Å². The number of phenols is 2. The van der Waals surface area contributed by atoms with E-state index in [4.69, 9.17) is 0 Å². The number of hydrogen-bond acceptors (Lipinski definition) is 9. The van der Waals surface area contributed by atoms with Gasteiger partial charge in [0.2, 0.25) is 0 Å². The van der Waals surface area contributed by atoms with Gasteiger partial charge in [-0.05, 0) is 6.92 Å². The van der Waals surface area contributed by atoms with Gasteiger partial charge in [-0.15, -0.1) is 0 Å². The van der Waals surface area contributed by atoms with Crippen molar-refractivity contribution < 1.29 is 45.3 Å². The third-order valence-corrected chi connectivity index (χ3v) is 5.86. The molecule has 0 radical (unpaired) electrons. The molecule has 11 nitrogen and oxygen atoms in total. The summed E-state index contributed by atoms with van der Waals surface area (Å²) in [4.78, 5) is 26.2. The van der Waals surface area contributed by atoms with Gasteiger partial charge in [0, 0.05) is 47.9 Å². The minimum atomic E-state index is -1.18. The maximum atomic E-state index is 11.8. The van der Waals surface area contributed by atoms with E-state index in [0.29, 0.717) is 11.1 Å². The Morgan fingerprint density at radius 3 is 1.74 bits per heavy atom. The first-order valence-electron chi connectivity index (χ1n) is 11.0. The standard InChI is InChI=1S/C24H32N2O9/c1-15(24(34)35)26(9-17-5-3-7-19(13-28)23(17)33)20(14-29)10-25(11-21(30)31)8-16-4-2-6-18(12-27)22(16)32/h2-7,15,20,27-29,32-33H,8-14H2,1H3,(H,30,31)(H,34,35)/t15-,20?/m1/s1. The number of rotatable bonds is 14. The van der Waals surface area contributed by atoms with Gasteiger partial charge in [0.25, 0.3) is 0 Å². The van der Waals surface area contributed by atoms with Crippen LogP contribution in [0.5, 0.6) is 11.5 Å². The molecular weight excluding hydrogens is 460 g/mol. The molecule has 192 valence electrons. The molecule has 0 aliphatic carbocycles. The average molecular weight is 493 g/mol. The highest BCUT2D eigenvalue weighted by Gasteiger charge is 2.31. The van der Waals surface area contributed by atoms with E-state index in [0.717, 1.165) is 0 Å². The zero-order valence-corrected chi connectivity index (χ0v) is 19.4. The maximum Gasteiger partial charge on any atom is 0.320 e. The summed E-state index contributed by atoms with van der Waals surface area (Å²) in [7, 11) is 0. The largest absolute Gasteiger partial charge is 0.507 e. The van der Waals surface area contributed by atoms with Crippen molar-refractivity contribution in [3.05, 3.63) is 58.7 Å². The summed E-state index contributed by atoms with van der Waals surface area (Å²) in [6, 6.07) is 7.44. The monoisotopic (exact) mass is 492 g/mol. The molecule has 35 heavy (non-hydrogen) atoms. The smallest absolute Gasteiger partial charge is 0.320 e. The van der Waals surface area contributed by atoms with Crippen molar-refractivity contribution in [2.75, 3.05) is 19.7 Å². The van der Waals surface area contributed by atoms with E-state index in [1.807, 2.05) is 0 Å². The molecule has 0 saturated heterocycles. The van der Waals surface area contributed by atoms with Crippen LogP contribution in [0, 0.1) is 0 Å². The van der Waals surface area contributed by atoms with Crippen LogP contribution in [0.25, 0.3) is 0 Å². The van der Waals surface area contributed by atoms with Crippen molar-refractivity contribution in [1.82, 2.24) is 9.80 Å². The SMILES string of the molecule is C[C@H](C(=O)O)N(Cc1cccc(CO)c1O)C(CO)CN(CC(=O)O)Cc1cccc(CO)c1O. The molecule has 2 atom stereocenters. The second-order valence-corrected chi connectivity index (χ2v) is 8.25. The number of carboxylic acid groups (broad SMARTS) is 2. The van der Waals surface area contributed by atoms with Gasteiger partial charge in [0.05, 0.1) is 26.4 Å². The van der Waals surface area contributed by atoms with Gasteiger partial charge in [-0.25, -0.2) is 0 Å². The Balaban J connectivity index is 2.38. The second-order valence-electron chi connectivity index (χ2n) is 8.25. The first kappa shape index (κ1) is 28.0. The lowest BCUT2D eigenvalue weighted by atomic mass is 10.1. The quantitative estimate of drug-likeness (QED) is 0.193. The molecule has 1 unspecified atom stereocenters. The van der Waals surface area contributed by atoms with Gasteiger partial charge in [0.15, 0.2) is 0 Å². The average Bonchev–Trinajstić information content (AvgIpc) is 2.82. The van der Waals surface area contributed by atoms with Gasteiger partial charge in [-0.1, -0.05) is 36.4 Å². The zero-order chi connectivity index (χ0) is 26.1. The first-order valence-corrected chi connectivity index (χ1v) is 11.0. The molecular formula is C24H32N2O9. The summed E-state index contributed by atoms with van der Waals surface area (Å²) >= 11 is 0. The van der Waals surface area contributed by atoms with Crippen molar-refractivity contribution in [3.8, 4) is 11.5 Å². The number of benzene rings is 2. The fourth-order valence-electron chi connectivity index (χ4n) is 3.90. The molecule has 0 bridgehead atoms. The van der Waals surface area contributed by atoms with Crippen molar-refractivity contribution >= 4 is 11.9 Å². The molecule has 0 aliphatic heterocycles. The summed E-state index contributed by atoms with van der Waals surface area (Å²) in [5.41, 5.74) is 1.23. The molecule has 0 saturated carbocycles. The highest BCUT2D eigenvalue weighted by molar-refractivity contribution is 5.73. The minimum absolute atomic E-state index is 0.0387. The summed E-state index contributed by atoms with van der Waals surface area (Å²) in [5.74, 6) is -2.71. The van der Waals surface area contributed by atoms with E-state index in [1.54, 1.807) is 24.3 Å². The Hall–Kier alpha value is -3.22. The van der Waals surface area contributed by atoms with Crippen LogP contribution in [0.1, 0.15) is 29.2 Å². The predicted octanol–water partition coefficient (Wildman–Crippen LogP) is 0.305. The van der Waals surface area contributed by atoms with E-state index in [-0.39, 0.29) is 42.3 Å². The molecule has 0 aliphatic rings. The van der Waals surface area contributed by atoms with Gasteiger partial charge < -0.3 is 35.7 Å². The number of nitrogens with zero attached hydrogens (tertiary/aromatic N) is 2. The molecule has 2 rings (SSSR count). The van der Waals surface area contributed by atoms with Crippen LogP contribution in [0.3, 0.4) is 0 Å². The van der Waals surface area contributed by atoms with Crippen LogP contribution in [0.15, 0.2) is 36.4 Å². The second kappa shape index (κ2) is 13.0. The van der Waals surface area contributed by atoms with Crippen LogP contribution in [-0.2, 0) is 35.9 Å². The summed E-state index contributed by atoms with van der Waals surface area (Å²) in [6.07, 6.45) is 0. The molecule has 0 amide bonds. The van der Waals surface area contributed by atoms with Crippen molar-refractivity contribution in [1.29, 1.82) is 0 Å². The number of aliphatic carboxylic acids is 2. The number of aliphatic hydroxyl groups is 3. The van der Waals surface area contributed by atoms with Crippen molar-refractivity contribution in [3.63, 3.8) is 0 Å². The van der Waals surface area contributed by atoms with Crippen molar-refractivity contribution in [2.45, 2.75) is 45.3 Å². The first-order chi connectivity index (χ1) is 16.6.